The molecule has 14 heavy (non-hydrogen) atoms. The molecule has 0 aromatic carbocycles. The highest BCUT2D eigenvalue weighted by atomic mass is 32.1. The van der Waals surface area contributed by atoms with Crippen LogP contribution in [0.4, 0.5) is 0 Å². The molecule has 0 aliphatic rings. The highest BCUT2D eigenvalue weighted by Crippen LogP contribution is 2.21. The van der Waals surface area contributed by atoms with Crippen molar-refractivity contribution in [1.82, 2.24) is 14.3 Å². The van der Waals surface area contributed by atoms with Gasteiger partial charge in [0.2, 0.25) is 0 Å². The Labute approximate surface area is 85.5 Å². The van der Waals surface area contributed by atoms with Gasteiger partial charge < -0.3 is 5.11 Å². The van der Waals surface area contributed by atoms with Crippen LogP contribution in [0.2, 0.25) is 0 Å². The van der Waals surface area contributed by atoms with Crippen molar-refractivity contribution in [2.45, 2.75) is 13.0 Å². The first-order valence-corrected chi connectivity index (χ1v) is 4.92. The monoisotopic (exact) mass is 207 g/mol. The third-order valence-electron chi connectivity index (χ3n) is 1.81. The number of aliphatic hydroxyl groups is 1. The molecule has 72 valence electrons. The van der Waals surface area contributed by atoms with E-state index in [2.05, 4.69) is 14.3 Å². The van der Waals surface area contributed by atoms with E-state index in [0.717, 1.165) is 10.6 Å². The predicted molar refractivity (Wildman–Crippen MR) is 52.9 cm³/mol. The van der Waals surface area contributed by atoms with E-state index in [1.54, 1.807) is 24.7 Å². The first-order valence-electron chi connectivity index (χ1n) is 4.14. The molecular weight excluding hydrogens is 198 g/mol. The molecule has 0 radical (unpaired) electrons. The van der Waals surface area contributed by atoms with E-state index in [0.29, 0.717) is 5.69 Å². The van der Waals surface area contributed by atoms with Gasteiger partial charge in [0.15, 0.2) is 0 Å². The number of nitrogens with zero attached hydrogens (tertiary/aromatic N) is 3. The minimum Gasteiger partial charge on any atom is -0.381 e. The Hall–Kier alpha value is -1.33. The van der Waals surface area contributed by atoms with E-state index in [4.69, 9.17) is 0 Å². The molecule has 1 unspecified atom stereocenters. The molecule has 0 aliphatic carbocycles. The van der Waals surface area contributed by atoms with E-state index in [1.807, 2.05) is 6.92 Å². The lowest BCUT2D eigenvalue weighted by atomic mass is 10.2. The molecule has 2 aromatic rings. The topological polar surface area (TPSA) is 58.9 Å². The van der Waals surface area contributed by atoms with E-state index in [1.165, 1.54) is 11.5 Å². The summed E-state index contributed by atoms with van der Waals surface area (Å²) >= 11 is 1.26. The van der Waals surface area contributed by atoms with Crippen LogP contribution in [0, 0.1) is 6.92 Å². The standard InChI is InChI=1S/C9H9N3OS/c1-6-4-11-7(5-10-6)9(13)8-2-3-12-14-8/h2-5,9,13H,1H3. The number of rotatable bonds is 2. The first-order chi connectivity index (χ1) is 6.77. The number of aryl methyl sites for hydroxylation is 1. The summed E-state index contributed by atoms with van der Waals surface area (Å²) in [6.45, 7) is 1.86. The Balaban J connectivity index is 2.28. The third-order valence-corrected chi connectivity index (χ3v) is 2.61. The summed E-state index contributed by atoms with van der Waals surface area (Å²) in [6.07, 6.45) is 4.17. The van der Waals surface area contributed by atoms with Gasteiger partial charge in [-0.3, -0.25) is 9.97 Å². The Bertz CT molecular complexity index is 399. The maximum Gasteiger partial charge on any atom is 0.133 e. The minimum absolute atomic E-state index is 0.555. The lowest BCUT2D eigenvalue weighted by Gasteiger charge is -2.05. The second-order valence-electron chi connectivity index (χ2n) is 2.90. The van der Waals surface area contributed by atoms with Crippen LogP contribution in [0.25, 0.3) is 0 Å². The van der Waals surface area contributed by atoms with Crippen LogP contribution in [0.1, 0.15) is 22.4 Å². The van der Waals surface area contributed by atoms with Crippen LogP contribution < -0.4 is 0 Å². The third kappa shape index (κ3) is 1.78. The zero-order valence-electron chi connectivity index (χ0n) is 7.58. The normalized spacial score (nSPS) is 12.7. The molecule has 4 nitrogen and oxygen atoms in total. The molecule has 0 aliphatic heterocycles. The molecule has 0 saturated carbocycles. The van der Waals surface area contributed by atoms with Gasteiger partial charge in [0.05, 0.1) is 22.5 Å². The van der Waals surface area contributed by atoms with Crippen LogP contribution in [0.3, 0.4) is 0 Å². The van der Waals surface area contributed by atoms with Crippen LogP contribution in [0.15, 0.2) is 24.7 Å². The van der Waals surface area contributed by atoms with E-state index in [9.17, 15) is 5.11 Å². The second-order valence-corrected chi connectivity index (χ2v) is 3.76. The van der Waals surface area contributed by atoms with Gasteiger partial charge in [-0.15, -0.1) is 0 Å². The lowest BCUT2D eigenvalue weighted by Crippen LogP contribution is -2.01. The molecule has 0 spiro atoms. The van der Waals surface area contributed by atoms with Gasteiger partial charge >= 0.3 is 0 Å². The molecular formula is C9H9N3OS. The molecule has 2 aromatic heterocycles. The highest BCUT2D eigenvalue weighted by molar-refractivity contribution is 7.05. The van der Waals surface area contributed by atoms with Crippen molar-refractivity contribution in [2.75, 3.05) is 0 Å². The molecule has 2 rings (SSSR count). The van der Waals surface area contributed by atoms with Crippen LogP contribution >= 0.6 is 11.5 Å². The largest absolute Gasteiger partial charge is 0.381 e. The molecule has 0 saturated heterocycles. The molecule has 2 heterocycles. The van der Waals surface area contributed by atoms with Crippen LogP contribution in [-0.2, 0) is 0 Å². The number of hydrogen-bond acceptors (Lipinski definition) is 5. The highest BCUT2D eigenvalue weighted by Gasteiger charge is 2.13. The van der Waals surface area contributed by atoms with Gasteiger partial charge in [0.25, 0.3) is 0 Å². The van der Waals surface area contributed by atoms with Gasteiger partial charge in [-0.1, -0.05) is 0 Å². The van der Waals surface area contributed by atoms with Gasteiger partial charge in [0, 0.05) is 12.4 Å². The van der Waals surface area contributed by atoms with E-state index < -0.39 is 6.10 Å². The summed E-state index contributed by atoms with van der Waals surface area (Å²) in [7, 11) is 0. The lowest BCUT2D eigenvalue weighted by molar-refractivity contribution is 0.218. The van der Waals surface area contributed by atoms with Gasteiger partial charge in [-0.05, 0) is 24.5 Å². The summed E-state index contributed by atoms with van der Waals surface area (Å²) in [5.74, 6) is 0. The SMILES string of the molecule is Cc1cnc(C(O)c2ccns2)cn1. The van der Waals surface area contributed by atoms with E-state index in [-0.39, 0.29) is 0 Å². The summed E-state index contributed by atoms with van der Waals surface area (Å²) in [5, 5.41) is 9.84. The Kier molecular flexibility index (Phi) is 2.51. The van der Waals surface area contributed by atoms with Crippen LogP contribution in [-0.4, -0.2) is 19.4 Å². The second kappa shape index (κ2) is 3.81. The number of hydrogen-bond donors (Lipinski definition) is 1. The molecule has 0 bridgehead atoms. The average Bonchev–Trinajstić information content (AvgIpc) is 2.71. The first kappa shape index (κ1) is 9.23. The van der Waals surface area contributed by atoms with Crippen molar-refractivity contribution in [1.29, 1.82) is 0 Å². The van der Waals surface area contributed by atoms with Crippen molar-refractivity contribution in [3.8, 4) is 0 Å². The van der Waals surface area contributed by atoms with Crippen molar-refractivity contribution < 1.29 is 5.11 Å². The minimum atomic E-state index is -0.712. The molecule has 0 amide bonds. The maximum absolute atomic E-state index is 9.84. The summed E-state index contributed by atoms with van der Waals surface area (Å²) in [5.41, 5.74) is 1.39. The predicted octanol–water partition coefficient (Wildman–Crippen LogP) is 1.32. The fraction of sp³-hybridized carbons (Fsp3) is 0.222. The summed E-state index contributed by atoms with van der Waals surface area (Å²) < 4.78 is 3.92. The number of aromatic nitrogens is 3. The maximum atomic E-state index is 9.84. The number of aliphatic hydroxyl groups excluding tert-OH is 1. The summed E-state index contributed by atoms with van der Waals surface area (Å²) in [4.78, 5) is 8.95. The van der Waals surface area contributed by atoms with E-state index >= 15 is 0 Å². The van der Waals surface area contributed by atoms with Gasteiger partial charge in [0.1, 0.15) is 6.10 Å². The van der Waals surface area contributed by atoms with Crippen molar-refractivity contribution in [3.05, 3.63) is 40.9 Å². The fourth-order valence-electron chi connectivity index (χ4n) is 1.06. The van der Waals surface area contributed by atoms with Gasteiger partial charge in [-0.25, -0.2) is 4.37 Å². The zero-order valence-corrected chi connectivity index (χ0v) is 8.40. The molecule has 1 atom stereocenters. The zero-order chi connectivity index (χ0) is 9.97. The van der Waals surface area contributed by atoms with Crippen LogP contribution in [0.5, 0.6) is 0 Å². The quantitative estimate of drug-likeness (QED) is 0.807. The Morgan fingerprint density at radius 3 is 2.79 bits per heavy atom. The molecule has 1 N–H and O–H groups in total. The average molecular weight is 207 g/mol. The fourth-order valence-corrected chi connectivity index (χ4v) is 1.64. The smallest absolute Gasteiger partial charge is 0.133 e. The van der Waals surface area contributed by atoms with Crippen molar-refractivity contribution in [3.63, 3.8) is 0 Å². The molecule has 0 fully saturated rings. The van der Waals surface area contributed by atoms with Crippen molar-refractivity contribution >= 4 is 11.5 Å². The summed E-state index contributed by atoms with van der Waals surface area (Å²) in [6, 6.07) is 1.77. The Morgan fingerprint density at radius 1 is 1.36 bits per heavy atom. The van der Waals surface area contributed by atoms with Crippen molar-refractivity contribution in [2.24, 2.45) is 0 Å². The Morgan fingerprint density at radius 2 is 2.21 bits per heavy atom. The van der Waals surface area contributed by atoms with Gasteiger partial charge in [-0.2, -0.15) is 0 Å². The molecule has 5 heteroatoms.